The van der Waals surface area contributed by atoms with Crippen molar-refractivity contribution >= 4 is 17.8 Å². The number of benzene rings is 1. The summed E-state index contributed by atoms with van der Waals surface area (Å²) < 4.78 is 4.79. The molecule has 1 aromatic carbocycles. The molecule has 0 bridgehead atoms. The van der Waals surface area contributed by atoms with Gasteiger partial charge >= 0.3 is 12.1 Å². The Hall–Kier alpha value is -2.41. The summed E-state index contributed by atoms with van der Waals surface area (Å²) in [7, 11) is 0. The number of hydrogen-bond acceptors (Lipinski definition) is 5. The fourth-order valence-electron chi connectivity index (χ4n) is 1.17. The Morgan fingerprint density at radius 2 is 1.84 bits per heavy atom. The second-order valence-corrected chi connectivity index (χ2v) is 3.62. The monoisotopic (exact) mass is 267 g/mol. The van der Waals surface area contributed by atoms with Crippen LogP contribution in [0.3, 0.4) is 0 Å². The molecule has 1 atom stereocenters. The molecule has 0 aliphatic carbocycles. The van der Waals surface area contributed by atoms with Gasteiger partial charge in [-0.15, -0.1) is 0 Å². The third-order valence-corrected chi connectivity index (χ3v) is 2.16. The molecule has 3 N–H and O–H groups in total. The maximum atomic E-state index is 11.2. The van der Waals surface area contributed by atoms with E-state index in [9.17, 15) is 14.4 Å². The van der Waals surface area contributed by atoms with E-state index in [2.05, 4.69) is 5.32 Å². The van der Waals surface area contributed by atoms with E-state index in [0.717, 1.165) is 5.56 Å². The lowest BCUT2D eigenvalue weighted by Crippen LogP contribution is -2.39. The van der Waals surface area contributed by atoms with Crippen LogP contribution in [0.1, 0.15) is 5.56 Å². The minimum atomic E-state index is -2.14. The number of amides is 1. The number of carboxylic acid groups (broad SMARTS) is 1. The van der Waals surface area contributed by atoms with E-state index in [1.54, 1.807) is 24.3 Å². The van der Waals surface area contributed by atoms with Crippen LogP contribution in [0.15, 0.2) is 30.3 Å². The molecule has 0 aliphatic rings. The molecule has 1 aromatic rings. The van der Waals surface area contributed by atoms with Gasteiger partial charge in [-0.05, 0) is 5.56 Å². The lowest BCUT2D eigenvalue weighted by molar-refractivity contribution is -0.151. The lowest BCUT2D eigenvalue weighted by Gasteiger charge is -2.07. The second kappa shape index (κ2) is 7.12. The summed E-state index contributed by atoms with van der Waals surface area (Å²) in [6.07, 6.45) is -3.01. The molecule has 0 aliphatic heterocycles. The zero-order chi connectivity index (χ0) is 14.3. The smallest absolute Gasteiger partial charge is 0.407 e. The summed E-state index contributed by atoms with van der Waals surface area (Å²) in [5.41, 5.74) is 0.773. The molecule has 19 heavy (non-hydrogen) atoms. The van der Waals surface area contributed by atoms with Crippen molar-refractivity contribution in [2.24, 2.45) is 0 Å². The summed E-state index contributed by atoms with van der Waals surface area (Å²) in [6, 6.07) is 8.89. The van der Waals surface area contributed by atoms with Gasteiger partial charge < -0.3 is 20.3 Å². The molecule has 0 aromatic heterocycles. The van der Waals surface area contributed by atoms with Crippen molar-refractivity contribution < 1.29 is 29.3 Å². The Balaban J connectivity index is 2.29. The average Bonchev–Trinajstić information content (AvgIpc) is 2.42. The number of rotatable bonds is 6. The van der Waals surface area contributed by atoms with Crippen LogP contribution in [0.4, 0.5) is 4.79 Å². The van der Waals surface area contributed by atoms with Crippen molar-refractivity contribution in [3.63, 3.8) is 0 Å². The van der Waals surface area contributed by atoms with E-state index >= 15 is 0 Å². The predicted octanol–water partition coefficient (Wildman–Crippen LogP) is -0.0726. The standard InChI is InChI=1S/C12H13NO6/c14-9(10(15)11(16)17)6-13-12(18)19-7-8-4-2-1-3-5-8/h1-5,10,15H,6-7H2,(H,13,18)(H,16,17). The molecule has 1 amide bonds. The molecule has 0 spiro atoms. The zero-order valence-electron chi connectivity index (χ0n) is 9.91. The number of aliphatic carboxylic acids is 1. The first-order valence-corrected chi connectivity index (χ1v) is 5.39. The molecule has 0 fully saturated rings. The Morgan fingerprint density at radius 1 is 1.21 bits per heavy atom. The number of aliphatic hydroxyl groups excluding tert-OH is 1. The fourth-order valence-corrected chi connectivity index (χ4v) is 1.17. The van der Waals surface area contributed by atoms with Crippen LogP contribution in [0.2, 0.25) is 0 Å². The number of hydrogen-bond donors (Lipinski definition) is 3. The van der Waals surface area contributed by atoms with Crippen LogP contribution < -0.4 is 5.32 Å². The van der Waals surface area contributed by atoms with Crippen molar-refractivity contribution in [3.05, 3.63) is 35.9 Å². The Kier molecular flexibility index (Phi) is 5.49. The molecule has 7 heteroatoms. The molecule has 0 heterocycles. The summed E-state index contributed by atoms with van der Waals surface area (Å²) in [5, 5.41) is 19.3. The second-order valence-electron chi connectivity index (χ2n) is 3.62. The first kappa shape index (κ1) is 14.7. The first-order chi connectivity index (χ1) is 9.00. The van der Waals surface area contributed by atoms with E-state index in [4.69, 9.17) is 14.9 Å². The van der Waals surface area contributed by atoms with Gasteiger partial charge in [0.2, 0.25) is 6.10 Å². The summed E-state index contributed by atoms with van der Waals surface area (Å²) in [6.45, 7) is -0.580. The van der Waals surface area contributed by atoms with Gasteiger partial charge in [0.1, 0.15) is 6.61 Å². The number of ketones is 1. The van der Waals surface area contributed by atoms with Crippen molar-refractivity contribution in [1.29, 1.82) is 0 Å². The summed E-state index contributed by atoms with van der Waals surface area (Å²) >= 11 is 0. The van der Waals surface area contributed by atoms with Crippen LogP contribution in [0.25, 0.3) is 0 Å². The molecule has 0 saturated heterocycles. The largest absolute Gasteiger partial charge is 0.479 e. The van der Waals surface area contributed by atoms with Gasteiger partial charge in [0.25, 0.3) is 0 Å². The highest BCUT2D eigenvalue weighted by Gasteiger charge is 2.22. The lowest BCUT2D eigenvalue weighted by atomic mass is 10.2. The highest BCUT2D eigenvalue weighted by Crippen LogP contribution is 2.00. The van der Waals surface area contributed by atoms with Crippen LogP contribution in [0, 0.1) is 0 Å². The number of alkyl carbamates (subject to hydrolysis) is 1. The van der Waals surface area contributed by atoms with Gasteiger partial charge in [0.05, 0.1) is 6.54 Å². The molecule has 102 valence electrons. The van der Waals surface area contributed by atoms with E-state index in [-0.39, 0.29) is 6.61 Å². The fraction of sp³-hybridized carbons (Fsp3) is 0.250. The number of carbonyl (C=O) groups excluding carboxylic acids is 2. The van der Waals surface area contributed by atoms with Crippen molar-refractivity contribution in [1.82, 2.24) is 5.32 Å². The average molecular weight is 267 g/mol. The molecule has 1 rings (SSSR count). The summed E-state index contributed by atoms with van der Waals surface area (Å²) in [4.78, 5) is 32.5. The molecule has 0 radical (unpaired) electrons. The van der Waals surface area contributed by atoms with Crippen molar-refractivity contribution in [2.75, 3.05) is 6.54 Å². The Bertz CT molecular complexity index is 459. The minimum Gasteiger partial charge on any atom is -0.479 e. The number of nitrogens with one attached hydrogen (secondary N) is 1. The van der Waals surface area contributed by atoms with E-state index < -0.39 is 30.5 Å². The molecular weight excluding hydrogens is 254 g/mol. The van der Waals surface area contributed by atoms with E-state index in [1.807, 2.05) is 6.07 Å². The quantitative estimate of drug-likeness (QED) is 0.622. The summed E-state index contributed by atoms with van der Waals surface area (Å²) in [5.74, 6) is -2.69. The number of ether oxygens (including phenoxy) is 1. The third kappa shape index (κ3) is 5.17. The highest BCUT2D eigenvalue weighted by molar-refractivity contribution is 6.02. The van der Waals surface area contributed by atoms with Gasteiger partial charge in [-0.1, -0.05) is 30.3 Å². The van der Waals surface area contributed by atoms with Gasteiger partial charge in [-0.3, -0.25) is 4.79 Å². The number of aliphatic hydroxyl groups is 1. The van der Waals surface area contributed by atoms with Gasteiger partial charge in [-0.25, -0.2) is 9.59 Å². The molecular formula is C12H13NO6. The molecule has 1 unspecified atom stereocenters. The maximum Gasteiger partial charge on any atom is 0.407 e. The van der Waals surface area contributed by atoms with Gasteiger partial charge in [-0.2, -0.15) is 0 Å². The van der Waals surface area contributed by atoms with Crippen LogP contribution in [-0.2, 0) is 20.9 Å². The Labute approximate surface area is 108 Å². The van der Waals surface area contributed by atoms with Gasteiger partial charge in [0, 0.05) is 0 Å². The highest BCUT2D eigenvalue weighted by atomic mass is 16.5. The number of carboxylic acids is 1. The SMILES string of the molecule is O=C(NCC(=O)C(O)C(=O)O)OCc1ccccc1. The number of Topliss-reactive ketones (excluding diaryl/α,β-unsaturated/α-hetero) is 1. The minimum absolute atomic E-state index is 0.0301. The molecule has 0 saturated carbocycles. The van der Waals surface area contributed by atoms with Crippen molar-refractivity contribution in [3.8, 4) is 0 Å². The van der Waals surface area contributed by atoms with Crippen molar-refractivity contribution in [2.45, 2.75) is 12.7 Å². The van der Waals surface area contributed by atoms with Crippen LogP contribution >= 0.6 is 0 Å². The normalized spacial score (nSPS) is 11.4. The molecule has 7 nitrogen and oxygen atoms in total. The van der Waals surface area contributed by atoms with Crippen LogP contribution in [-0.4, -0.2) is 40.7 Å². The van der Waals surface area contributed by atoms with E-state index in [0.29, 0.717) is 0 Å². The van der Waals surface area contributed by atoms with Crippen LogP contribution in [0.5, 0.6) is 0 Å². The Morgan fingerprint density at radius 3 is 2.42 bits per heavy atom. The predicted molar refractivity (Wildman–Crippen MR) is 63.3 cm³/mol. The van der Waals surface area contributed by atoms with E-state index in [1.165, 1.54) is 0 Å². The number of carbonyl (C=O) groups is 3. The van der Waals surface area contributed by atoms with Gasteiger partial charge in [0.15, 0.2) is 5.78 Å². The maximum absolute atomic E-state index is 11.2. The third-order valence-electron chi connectivity index (χ3n) is 2.16. The zero-order valence-corrected chi connectivity index (χ0v) is 9.91. The topological polar surface area (TPSA) is 113 Å². The first-order valence-electron chi connectivity index (χ1n) is 5.39.